The number of rotatable bonds is 4. The van der Waals surface area contributed by atoms with Gasteiger partial charge in [0.1, 0.15) is 18.2 Å². The van der Waals surface area contributed by atoms with Crippen molar-refractivity contribution in [1.82, 2.24) is 4.90 Å². The number of carbonyl (C=O) groups is 3. The van der Waals surface area contributed by atoms with Gasteiger partial charge >= 0.3 is 18.1 Å². The normalized spacial score (nSPS) is 17.1. The number of anilines is 1. The fourth-order valence-corrected chi connectivity index (χ4v) is 2.82. The minimum atomic E-state index is -4.63. The molecule has 0 fully saturated rings. The SMILES string of the molecule is COC(=O)C[C@@H]1Nc2ccc(C(=O)OC(C)(C)C)cc2CN(CC(F)(F)F)C1=O. The van der Waals surface area contributed by atoms with Gasteiger partial charge in [0.15, 0.2) is 0 Å². The van der Waals surface area contributed by atoms with Crippen LogP contribution in [-0.2, 0) is 25.6 Å². The van der Waals surface area contributed by atoms with Gasteiger partial charge in [0.25, 0.3) is 0 Å². The maximum absolute atomic E-state index is 13.0. The van der Waals surface area contributed by atoms with Crippen LogP contribution in [0, 0.1) is 0 Å². The van der Waals surface area contributed by atoms with Crippen molar-refractivity contribution in [2.45, 2.75) is 51.6 Å². The summed E-state index contributed by atoms with van der Waals surface area (Å²) < 4.78 is 48.8. The van der Waals surface area contributed by atoms with Gasteiger partial charge in [-0.2, -0.15) is 13.2 Å². The standard InChI is InChI=1S/C19H23F3N2O5/c1-18(2,3)29-17(27)11-5-6-13-12(7-11)9-24(10-19(20,21)22)16(26)14(23-13)8-15(25)28-4/h5-7,14,23H,8-10H2,1-4H3/t14-/m0/s1. The molecule has 2 rings (SSSR count). The second-order valence-electron chi connectivity index (χ2n) is 7.66. The second-order valence-corrected chi connectivity index (χ2v) is 7.66. The van der Waals surface area contributed by atoms with Crippen molar-refractivity contribution in [2.24, 2.45) is 0 Å². The molecule has 0 aliphatic carbocycles. The van der Waals surface area contributed by atoms with E-state index in [1.54, 1.807) is 20.8 Å². The number of carbonyl (C=O) groups excluding carboxylic acids is 3. The number of alkyl halides is 3. The molecule has 0 bridgehead atoms. The molecule has 1 N–H and O–H groups in total. The molecule has 1 aromatic rings. The van der Waals surface area contributed by atoms with Gasteiger partial charge in [-0.05, 0) is 44.5 Å². The summed E-state index contributed by atoms with van der Waals surface area (Å²) in [5, 5.41) is 2.79. The predicted octanol–water partition coefficient (Wildman–Crippen LogP) is 2.89. The van der Waals surface area contributed by atoms with Crippen LogP contribution in [0.25, 0.3) is 0 Å². The predicted molar refractivity (Wildman–Crippen MR) is 97.1 cm³/mol. The van der Waals surface area contributed by atoms with E-state index in [0.29, 0.717) is 16.2 Å². The van der Waals surface area contributed by atoms with Crippen molar-refractivity contribution >= 4 is 23.5 Å². The third-order valence-electron chi connectivity index (χ3n) is 4.01. The molecule has 0 saturated carbocycles. The highest BCUT2D eigenvalue weighted by molar-refractivity contribution is 5.93. The molecule has 1 heterocycles. The lowest BCUT2D eigenvalue weighted by Crippen LogP contribution is -2.45. The molecule has 1 aliphatic heterocycles. The van der Waals surface area contributed by atoms with E-state index in [4.69, 9.17) is 4.74 Å². The number of ether oxygens (including phenoxy) is 2. The fourth-order valence-electron chi connectivity index (χ4n) is 2.82. The average molecular weight is 416 g/mol. The molecule has 7 nitrogen and oxygen atoms in total. The Kier molecular flexibility index (Phi) is 6.44. The molecule has 10 heteroatoms. The first-order valence-electron chi connectivity index (χ1n) is 8.84. The number of esters is 2. The van der Waals surface area contributed by atoms with Crippen LogP contribution in [0.2, 0.25) is 0 Å². The summed E-state index contributed by atoms with van der Waals surface area (Å²) >= 11 is 0. The first kappa shape index (κ1) is 22.5. The minimum Gasteiger partial charge on any atom is -0.469 e. The summed E-state index contributed by atoms with van der Waals surface area (Å²) in [4.78, 5) is 37.1. The van der Waals surface area contributed by atoms with Crippen molar-refractivity contribution in [3.63, 3.8) is 0 Å². The van der Waals surface area contributed by atoms with Crippen molar-refractivity contribution < 1.29 is 37.0 Å². The number of fused-ring (bicyclic) bond motifs is 1. The van der Waals surface area contributed by atoms with Gasteiger partial charge in [-0.25, -0.2) is 4.79 Å². The Balaban J connectivity index is 2.39. The molecule has 160 valence electrons. The van der Waals surface area contributed by atoms with Gasteiger partial charge in [0.2, 0.25) is 5.91 Å². The number of nitrogens with zero attached hydrogens (tertiary/aromatic N) is 1. The number of hydrogen-bond acceptors (Lipinski definition) is 6. The maximum atomic E-state index is 13.0. The Morgan fingerprint density at radius 2 is 1.90 bits per heavy atom. The molecule has 0 saturated heterocycles. The molecule has 1 atom stereocenters. The molecular weight excluding hydrogens is 393 g/mol. The molecule has 0 radical (unpaired) electrons. The van der Waals surface area contributed by atoms with Crippen molar-refractivity contribution in [3.05, 3.63) is 29.3 Å². The smallest absolute Gasteiger partial charge is 0.406 e. The topological polar surface area (TPSA) is 84.9 Å². The van der Waals surface area contributed by atoms with E-state index in [1.165, 1.54) is 18.2 Å². The third kappa shape index (κ3) is 6.37. The van der Waals surface area contributed by atoms with Gasteiger partial charge in [-0.1, -0.05) is 0 Å². The summed E-state index contributed by atoms with van der Waals surface area (Å²) in [6.07, 6.45) is -5.06. The Bertz CT molecular complexity index is 802. The van der Waals surface area contributed by atoms with Crippen molar-refractivity contribution in [3.8, 4) is 0 Å². The van der Waals surface area contributed by atoms with E-state index in [0.717, 1.165) is 7.11 Å². The van der Waals surface area contributed by atoms with Crippen molar-refractivity contribution in [2.75, 3.05) is 19.0 Å². The fraction of sp³-hybridized carbons (Fsp3) is 0.526. The number of nitrogens with one attached hydrogen (secondary N) is 1. The van der Waals surface area contributed by atoms with Crippen LogP contribution < -0.4 is 5.32 Å². The van der Waals surface area contributed by atoms with Crippen LogP contribution in [-0.4, -0.2) is 54.2 Å². The Hall–Kier alpha value is -2.78. The number of hydrogen-bond donors (Lipinski definition) is 1. The van der Waals surface area contributed by atoms with E-state index < -0.39 is 48.6 Å². The van der Waals surface area contributed by atoms with E-state index in [2.05, 4.69) is 10.1 Å². The van der Waals surface area contributed by atoms with Gasteiger partial charge < -0.3 is 19.7 Å². The van der Waals surface area contributed by atoms with Crippen LogP contribution in [0.3, 0.4) is 0 Å². The van der Waals surface area contributed by atoms with E-state index in [9.17, 15) is 27.6 Å². The highest BCUT2D eigenvalue weighted by Crippen LogP contribution is 2.28. The summed E-state index contributed by atoms with van der Waals surface area (Å²) in [5.74, 6) is -2.26. The Labute approximate surface area is 166 Å². The average Bonchev–Trinajstić information content (AvgIpc) is 2.69. The van der Waals surface area contributed by atoms with Gasteiger partial charge in [0, 0.05) is 12.2 Å². The highest BCUT2D eigenvalue weighted by atomic mass is 19.4. The van der Waals surface area contributed by atoms with Crippen LogP contribution in [0.4, 0.5) is 18.9 Å². The summed E-state index contributed by atoms with van der Waals surface area (Å²) in [7, 11) is 1.12. The van der Waals surface area contributed by atoms with E-state index in [-0.39, 0.29) is 12.1 Å². The lowest BCUT2D eigenvalue weighted by Gasteiger charge is -2.25. The van der Waals surface area contributed by atoms with Gasteiger partial charge in [-0.15, -0.1) is 0 Å². The summed E-state index contributed by atoms with van der Waals surface area (Å²) in [6, 6.07) is 3.08. The van der Waals surface area contributed by atoms with Gasteiger partial charge in [-0.3, -0.25) is 9.59 Å². The molecule has 1 aliphatic rings. The number of amides is 1. The zero-order valence-electron chi connectivity index (χ0n) is 16.6. The van der Waals surface area contributed by atoms with E-state index in [1.807, 2.05) is 0 Å². The quantitative estimate of drug-likeness (QED) is 0.760. The zero-order chi connectivity index (χ0) is 22.0. The summed E-state index contributed by atoms with van der Waals surface area (Å²) in [6.45, 7) is 3.21. The molecule has 1 amide bonds. The highest BCUT2D eigenvalue weighted by Gasteiger charge is 2.38. The largest absolute Gasteiger partial charge is 0.469 e. The second kappa shape index (κ2) is 8.30. The molecular formula is C19H23F3N2O5. The Morgan fingerprint density at radius 1 is 1.24 bits per heavy atom. The van der Waals surface area contributed by atoms with Crippen LogP contribution in [0.15, 0.2) is 18.2 Å². The molecule has 0 unspecified atom stereocenters. The van der Waals surface area contributed by atoms with Crippen LogP contribution >= 0.6 is 0 Å². The number of halogens is 3. The maximum Gasteiger partial charge on any atom is 0.406 e. The first-order chi connectivity index (χ1) is 13.3. The number of benzene rings is 1. The van der Waals surface area contributed by atoms with E-state index >= 15 is 0 Å². The molecule has 29 heavy (non-hydrogen) atoms. The number of methoxy groups -OCH3 is 1. The van der Waals surface area contributed by atoms with Crippen LogP contribution in [0.5, 0.6) is 0 Å². The lowest BCUT2D eigenvalue weighted by molar-refractivity contribution is -0.163. The third-order valence-corrected chi connectivity index (χ3v) is 4.01. The molecule has 1 aromatic carbocycles. The monoisotopic (exact) mass is 416 g/mol. The summed E-state index contributed by atoms with van der Waals surface area (Å²) in [5.41, 5.74) is 0.0558. The molecule has 0 aromatic heterocycles. The van der Waals surface area contributed by atoms with Crippen molar-refractivity contribution in [1.29, 1.82) is 0 Å². The Morgan fingerprint density at radius 3 is 2.45 bits per heavy atom. The van der Waals surface area contributed by atoms with Gasteiger partial charge in [0.05, 0.1) is 19.1 Å². The van der Waals surface area contributed by atoms with Crippen LogP contribution in [0.1, 0.15) is 43.1 Å². The lowest BCUT2D eigenvalue weighted by atomic mass is 10.1. The molecule has 0 spiro atoms. The minimum absolute atomic E-state index is 0.145. The first-order valence-corrected chi connectivity index (χ1v) is 8.84. The zero-order valence-corrected chi connectivity index (χ0v) is 16.6.